The third-order valence-corrected chi connectivity index (χ3v) is 4.19. The van der Waals surface area contributed by atoms with Crippen LogP contribution in [0.5, 0.6) is 0 Å². The van der Waals surface area contributed by atoms with E-state index in [2.05, 4.69) is 10.3 Å². The van der Waals surface area contributed by atoms with Crippen LogP contribution < -0.4 is 5.32 Å². The van der Waals surface area contributed by atoms with Crippen molar-refractivity contribution in [2.75, 3.05) is 7.05 Å². The van der Waals surface area contributed by atoms with Gasteiger partial charge in [-0.3, -0.25) is 9.59 Å². The van der Waals surface area contributed by atoms with Crippen LogP contribution in [-0.4, -0.2) is 28.8 Å². The Kier molecular flexibility index (Phi) is 4.71. The van der Waals surface area contributed by atoms with Crippen LogP contribution in [0.4, 0.5) is 0 Å². The van der Waals surface area contributed by atoms with Crippen LogP contribution in [0.2, 0.25) is 0 Å². The molecule has 1 aliphatic rings. The molecule has 0 radical (unpaired) electrons. The van der Waals surface area contributed by atoms with E-state index in [4.69, 9.17) is 0 Å². The molecule has 5 heteroatoms. The number of amides is 1. The van der Waals surface area contributed by atoms with Gasteiger partial charge in [-0.05, 0) is 36.5 Å². The lowest BCUT2D eigenvalue weighted by molar-refractivity contribution is 0.0957. The molecular weight excluding hydrogens is 304 g/mol. The van der Waals surface area contributed by atoms with Gasteiger partial charge in [0.05, 0.1) is 5.69 Å². The summed E-state index contributed by atoms with van der Waals surface area (Å²) < 4.78 is 0. The number of Topliss-reactive ketones (excluding diaryl/α,β-unsaturated/α-hetero) is 1. The number of nitrogens with one attached hydrogen (secondary N) is 1. The highest BCUT2D eigenvalue weighted by Crippen LogP contribution is 2.34. The summed E-state index contributed by atoms with van der Waals surface area (Å²) in [5.41, 5.74) is 1.55. The maximum absolute atomic E-state index is 12.4. The van der Waals surface area contributed by atoms with Crippen molar-refractivity contribution in [1.29, 1.82) is 0 Å². The number of benzene rings is 1. The first-order valence-electron chi connectivity index (χ1n) is 8.08. The zero-order chi connectivity index (χ0) is 17.1. The smallest absolute Gasteiger partial charge is 0.269 e. The van der Waals surface area contributed by atoms with Crippen LogP contribution in [0.1, 0.15) is 57.5 Å². The van der Waals surface area contributed by atoms with E-state index < -0.39 is 6.10 Å². The van der Waals surface area contributed by atoms with Gasteiger partial charge in [0.25, 0.3) is 5.91 Å². The van der Waals surface area contributed by atoms with E-state index in [9.17, 15) is 14.7 Å². The second-order valence-electron chi connectivity index (χ2n) is 6.13. The van der Waals surface area contributed by atoms with Crippen LogP contribution in [0.3, 0.4) is 0 Å². The van der Waals surface area contributed by atoms with E-state index >= 15 is 0 Å². The second kappa shape index (κ2) is 6.93. The average molecular weight is 324 g/mol. The molecule has 2 aromatic rings. The summed E-state index contributed by atoms with van der Waals surface area (Å²) in [5, 5.41) is 13.1. The van der Waals surface area contributed by atoms with Gasteiger partial charge in [0, 0.05) is 19.0 Å². The summed E-state index contributed by atoms with van der Waals surface area (Å²) in [5.74, 6) is 0.0702. The van der Waals surface area contributed by atoms with Crippen molar-refractivity contribution < 1.29 is 14.7 Å². The van der Waals surface area contributed by atoms with Gasteiger partial charge in [0.2, 0.25) is 0 Å². The van der Waals surface area contributed by atoms with Crippen molar-refractivity contribution in [1.82, 2.24) is 10.3 Å². The minimum atomic E-state index is -0.983. The number of hydrogen-bond acceptors (Lipinski definition) is 4. The Hall–Kier alpha value is -2.53. The molecule has 1 atom stereocenters. The number of rotatable bonds is 6. The van der Waals surface area contributed by atoms with Crippen molar-refractivity contribution in [2.45, 2.75) is 25.4 Å². The Morgan fingerprint density at radius 3 is 2.58 bits per heavy atom. The zero-order valence-corrected chi connectivity index (χ0v) is 13.5. The monoisotopic (exact) mass is 324 g/mol. The molecule has 0 bridgehead atoms. The van der Waals surface area contributed by atoms with Gasteiger partial charge in [0.1, 0.15) is 11.8 Å². The third-order valence-electron chi connectivity index (χ3n) is 4.19. The minimum absolute atomic E-state index is 0.00781. The quantitative estimate of drug-likeness (QED) is 0.800. The highest BCUT2D eigenvalue weighted by molar-refractivity contribution is 6.00. The van der Waals surface area contributed by atoms with Crippen LogP contribution in [0, 0.1) is 5.92 Å². The molecule has 1 aromatic heterocycles. The van der Waals surface area contributed by atoms with E-state index in [1.54, 1.807) is 18.2 Å². The molecule has 0 spiro atoms. The molecule has 1 fully saturated rings. The maximum atomic E-state index is 12.4. The molecule has 0 aliphatic heterocycles. The number of nitrogens with zero attached hydrogens (tertiary/aromatic N) is 1. The fraction of sp³-hybridized carbons (Fsp3) is 0.316. The molecular formula is C19H20N2O3. The van der Waals surface area contributed by atoms with Crippen LogP contribution in [0.25, 0.3) is 0 Å². The van der Waals surface area contributed by atoms with E-state index in [1.165, 1.54) is 13.1 Å². The highest BCUT2D eigenvalue weighted by atomic mass is 16.3. The molecule has 1 aliphatic carbocycles. The van der Waals surface area contributed by atoms with Crippen LogP contribution in [0.15, 0.2) is 42.5 Å². The van der Waals surface area contributed by atoms with Gasteiger partial charge in [-0.25, -0.2) is 4.98 Å². The number of ketones is 1. The largest absolute Gasteiger partial charge is 0.382 e. The van der Waals surface area contributed by atoms with E-state index in [0.717, 1.165) is 12.8 Å². The van der Waals surface area contributed by atoms with Gasteiger partial charge in [-0.1, -0.05) is 30.3 Å². The van der Waals surface area contributed by atoms with Crippen molar-refractivity contribution in [3.8, 4) is 0 Å². The summed E-state index contributed by atoms with van der Waals surface area (Å²) in [6.45, 7) is 0. The van der Waals surface area contributed by atoms with Crippen molar-refractivity contribution in [2.24, 2.45) is 5.92 Å². The Morgan fingerprint density at radius 1 is 1.25 bits per heavy atom. The summed E-state index contributed by atoms with van der Waals surface area (Å²) in [6.07, 6.45) is 1.67. The lowest BCUT2D eigenvalue weighted by Crippen LogP contribution is -2.21. The van der Waals surface area contributed by atoms with Gasteiger partial charge < -0.3 is 10.4 Å². The molecule has 0 unspecified atom stereocenters. The summed E-state index contributed by atoms with van der Waals surface area (Å²) in [7, 11) is 1.51. The predicted octanol–water partition coefficient (Wildman–Crippen LogP) is 2.51. The van der Waals surface area contributed by atoms with Crippen LogP contribution in [-0.2, 0) is 0 Å². The molecule has 24 heavy (non-hydrogen) atoms. The molecule has 1 heterocycles. The van der Waals surface area contributed by atoms with E-state index in [1.807, 2.05) is 18.2 Å². The lowest BCUT2D eigenvalue weighted by atomic mass is 10.0. The Morgan fingerprint density at radius 2 is 1.96 bits per heavy atom. The normalized spacial score (nSPS) is 14.9. The molecule has 2 N–H and O–H groups in total. The Balaban J connectivity index is 1.97. The number of carbonyl (C=O) groups is 2. The Labute approximate surface area is 140 Å². The minimum Gasteiger partial charge on any atom is -0.382 e. The Bertz CT molecular complexity index is 754. The maximum Gasteiger partial charge on any atom is 0.269 e. The SMILES string of the molecule is CNC(=O)c1cc(C(=O)CC2CC2)cc([C@H](O)c2ccccc2)n1. The second-order valence-corrected chi connectivity index (χ2v) is 6.13. The molecule has 1 amide bonds. The number of aromatic nitrogens is 1. The molecule has 5 nitrogen and oxygen atoms in total. The first-order valence-corrected chi connectivity index (χ1v) is 8.08. The van der Waals surface area contributed by atoms with Gasteiger partial charge in [0.15, 0.2) is 5.78 Å². The highest BCUT2D eigenvalue weighted by Gasteiger charge is 2.26. The van der Waals surface area contributed by atoms with Crippen molar-refractivity contribution in [3.05, 3.63) is 65.0 Å². The fourth-order valence-electron chi connectivity index (χ4n) is 2.61. The standard InChI is InChI=1S/C19H20N2O3/c1-20-19(24)16-11-14(17(22)9-12-7-8-12)10-15(21-16)18(23)13-5-3-2-4-6-13/h2-6,10-12,18,23H,7-9H2,1H3,(H,20,24)/t18-/m1/s1. The number of aliphatic hydroxyl groups excluding tert-OH is 1. The van der Waals surface area contributed by atoms with Gasteiger partial charge >= 0.3 is 0 Å². The lowest BCUT2D eigenvalue weighted by Gasteiger charge is -2.13. The van der Waals surface area contributed by atoms with E-state index in [-0.39, 0.29) is 17.4 Å². The van der Waals surface area contributed by atoms with Crippen molar-refractivity contribution >= 4 is 11.7 Å². The number of pyridine rings is 1. The first-order chi connectivity index (χ1) is 11.6. The fourth-order valence-corrected chi connectivity index (χ4v) is 2.61. The summed E-state index contributed by atoms with van der Waals surface area (Å²) >= 11 is 0. The topological polar surface area (TPSA) is 79.3 Å². The third kappa shape index (κ3) is 3.68. The average Bonchev–Trinajstić information content (AvgIpc) is 3.44. The molecule has 1 saturated carbocycles. The van der Waals surface area contributed by atoms with E-state index in [0.29, 0.717) is 29.2 Å². The number of hydrogen-bond donors (Lipinski definition) is 2. The molecule has 1 aromatic carbocycles. The van der Waals surface area contributed by atoms with Crippen LogP contribution >= 0.6 is 0 Å². The summed E-state index contributed by atoms with van der Waals surface area (Å²) in [4.78, 5) is 28.6. The van der Waals surface area contributed by atoms with Gasteiger partial charge in [-0.2, -0.15) is 0 Å². The number of aliphatic hydroxyl groups is 1. The molecule has 124 valence electrons. The van der Waals surface area contributed by atoms with Crippen molar-refractivity contribution in [3.63, 3.8) is 0 Å². The predicted molar refractivity (Wildman–Crippen MR) is 89.8 cm³/mol. The summed E-state index contributed by atoms with van der Waals surface area (Å²) in [6, 6.07) is 12.2. The van der Waals surface area contributed by atoms with Gasteiger partial charge in [-0.15, -0.1) is 0 Å². The molecule has 0 saturated heterocycles. The first kappa shape index (κ1) is 16.3. The number of carbonyl (C=O) groups excluding carboxylic acids is 2. The zero-order valence-electron chi connectivity index (χ0n) is 13.5. The molecule has 3 rings (SSSR count).